The summed E-state index contributed by atoms with van der Waals surface area (Å²) in [4.78, 5) is 16.1. The maximum atomic E-state index is 11.6. The highest BCUT2D eigenvalue weighted by Crippen LogP contribution is 2.16. The lowest BCUT2D eigenvalue weighted by atomic mass is 10.1. The van der Waals surface area contributed by atoms with E-state index in [1.807, 2.05) is 6.92 Å². The van der Waals surface area contributed by atoms with Gasteiger partial charge in [0.25, 0.3) is 0 Å². The molecule has 1 aromatic heterocycles. The third-order valence-electron chi connectivity index (χ3n) is 3.48. The lowest BCUT2D eigenvalue weighted by Gasteiger charge is -2.20. The van der Waals surface area contributed by atoms with Gasteiger partial charge in [-0.1, -0.05) is 13.8 Å². The number of hydrogen-bond donors (Lipinski definition) is 2. The number of furan rings is 1. The fourth-order valence-electron chi connectivity index (χ4n) is 1.79. The van der Waals surface area contributed by atoms with Crippen molar-refractivity contribution < 1.29 is 13.9 Å². The maximum Gasteiger partial charge on any atom is 0.341 e. The van der Waals surface area contributed by atoms with Crippen molar-refractivity contribution in [2.24, 2.45) is 10.9 Å². The Morgan fingerprint density at radius 3 is 2.57 bits per heavy atom. The molecule has 132 valence electrons. The van der Waals surface area contributed by atoms with Gasteiger partial charge in [0.05, 0.1) is 7.11 Å². The number of hydrogen-bond acceptors (Lipinski definition) is 4. The Hall–Kier alpha value is -1.25. The Morgan fingerprint density at radius 1 is 1.39 bits per heavy atom. The molecule has 0 aliphatic rings. The van der Waals surface area contributed by atoms with Crippen LogP contribution in [0.3, 0.4) is 0 Å². The molecule has 0 amide bonds. The topological polar surface area (TPSA) is 75.9 Å². The van der Waals surface area contributed by atoms with Crippen LogP contribution in [0, 0.1) is 12.8 Å². The number of esters is 1. The fraction of sp³-hybridized carbons (Fsp3) is 0.625. The van der Waals surface area contributed by atoms with Gasteiger partial charge in [-0.25, -0.2) is 9.79 Å². The van der Waals surface area contributed by atoms with E-state index in [0.717, 1.165) is 12.5 Å². The van der Waals surface area contributed by atoms with E-state index in [-0.39, 0.29) is 24.0 Å². The van der Waals surface area contributed by atoms with Crippen LogP contribution < -0.4 is 10.6 Å². The summed E-state index contributed by atoms with van der Waals surface area (Å²) in [6.07, 6.45) is 0. The van der Waals surface area contributed by atoms with Gasteiger partial charge < -0.3 is 19.8 Å². The zero-order chi connectivity index (χ0) is 16.7. The van der Waals surface area contributed by atoms with Crippen LogP contribution in [-0.2, 0) is 11.3 Å². The first-order chi connectivity index (χ1) is 10.4. The number of aliphatic imine (C=N–C) groups is 1. The van der Waals surface area contributed by atoms with Crippen molar-refractivity contribution in [2.75, 3.05) is 13.7 Å². The van der Waals surface area contributed by atoms with Crippen molar-refractivity contribution in [3.63, 3.8) is 0 Å². The molecule has 6 nitrogen and oxygen atoms in total. The number of guanidine groups is 1. The second-order valence-corrected chi connectivity index (χ2v) is 5.55. The van der Waals surface area contributed by atoms with Crippen molar-refractivity contribution in [3.8, 4) is 0 Å². The SMILES string of the molecule is CCNC(=NCc1cc(C(=O)OC)c(C)o1)NC(C)C(C)C.I. The van der Waals surface area contributed by atoms with E-state index in [1.54, 1.807) is 13.0 Å². The van der Waals surface area contributed by atoms with Crippen LogP contribution in [0.5, 0.6) is 0 Å². The maximum absolute atomic E-state index is 11.6. The van der Waals surface area contributed by atoms with E-state index < -0.39 is 5.97 Å². The molecule has 0 spiro atoms. The monoisotopic (exact) mass is 437 g/mol. The molecule has 0 radical (unpaired) electrons. The largest absolute Gasteiger partial charge is 0.465 e. The predicted molar refractivity (Wildman–Crippen MR) is 102 cm³/mol. The molecule has 2 N–H and O–H groups in total. The Labute approximate surface area is 155 Å². The molecule has 0 fully saturated rings. The number of nitrogens with zero attached hydrogens (tertiary/aromatic N) is 1. The molecule has 7 heteroatoms. The van der Waals surface area contributed by atoms with Crippen LogP contribution >= 0.6 is 24.0 Å². The Morgan fingerprint density at radius 2 is 2.04 bits per heavy atom. The van der Waals surface area contributed by atoms with Crippen molar-refractivity contribution in [2.45, 2.75) is 47.2 Å². The van der Waals surface area contributed by atoms with E-state index in [1.165, 1.54) is 7.11 Å². The molecule has 0 saturated carbocycles. The third kappa shape index (κ3) is 6.80. The van der Waals surface area contributed by atoms with Crippen molar-refractivity contribution >= 4 is 35.9 Å². The lowest BCUT2D eigenvalue weighted by Crippen LogP contribution is -2.44. The third-order valence-corrected chi connectivity index (χ3v) is 3.48. The minimum atomic E-state index is -0.394. The zero-order valence-electron chi connectivity index (χ0n) is 14.7. The quantitative estimate of drug-likeness (QED) is 0.310. The zero-order valence-corrected chi connectivity index (χ0v) is 17.1. The summed E-state index contributed by atoms with van der Waals surface area (Å²) >= 11 is 0. The highest BCUT2D eigenvalue weighted by Gasteiger charge is 2.15. The number of carbonyl (C=O) groups is 1. The average molecular weight is 437 g/mol. The molecule has 0 aromatic carbocycles. The van der Waals surface area contributed by atoms with Gasteiger partial charge >= 0.3 is 5.97 Å². The van der Waals surface area contributed by atoms with E-state index in [4.69, 9.17) is 9.15 Å². The van der Waals surface area contributed by atoms with Gasteiger partial charge in [0.2, 0.25) is 0 Å². The smallest absolute Gasteiger partial charge is 0.341 e. The van der Waals surface area contributed by atoms with E-state index in [2.05, 4.69) is 36.4 Å². The molecule has 1 aromatic rings. The molecule has 1 heterocycles. The van der Waals surface area contributed by atoms with Crippen LogP contribution in [0.4, 0.5) is 0 Å². The molecular formula is C16H28IN3O3. The van der Waals surface area contributed by atoms with Gasteiger partial charge in [-0.3, -0.25) is 0 Å². The van der Waals surface area contributed by atoms with Crippen LogP contribution in [0.1, 0.15) is 49.6 Å². The number of halogens is 1. The van der Waals surface area contributed by atoms with Gasteiger partial charge in [-0.15, -0.1) is 24.0 Å². The molecule has 0 aliphatic heterocycles. The first-order valence-electron chi connectivity index (χ1n) is 7.61. The van der Waals surface area contributed by atoms with Gasteiger partial charge in [-0.05, 0) is 32.8 Å². The van der Waals surface area contributed by atoms with E-state index >= 15 is 0 Å². The van der Waals surface area contributed by atoms with Gasteiger partial charge in [0.15, 0.2) is 5.96 Å². The molecule has 0 aliphatic carbocycles. The fourth-order valence-corrected chi connectivity index (χ4v) is 1.79. The summed E-state index contributed by atoms with van der Waals surface area (Å²) in [6, 6.07) is 1.99. The Balaban J connectivity index is 0.00000484. The number of rotatable bonds is 6. The van der Waals surface area contributed by atoms with Crippen molar-refractivity contribution in [3.05, 3.63) is 23.2 Å². The number of nitrogens with one attached hydrogen (secondary N) is 2. The van der Waals surface area contributed by atoms with Gasteiger partial charge in [-0.2, -0.15) is 0 Å². The number of ether oxygens (including phenoxy) is 1. The van der Waals surface area contributed by atoms with Crippen molar-refractivity contribution in [1.82, 2.24) is 10.6 Å². The number of aryl methyl sites for hydroxylation is 1. The normalized spacial score (nSPS) is 12.6. The molecule has 1 rings (SSSR count). The predicted octanol–water partition coefficient (Wildman–Crippen LogP) is 3.09. The highest BCUT2D eigenvalue weighted by molar-refractivity contribution is 14.0. The first kappa shape index (κ1) is 21.8. The standard InChI is InChI=1S/C16H27N3O3.HI/c1-7-17-16(19-11(4)10(2)3)18-9-13-8-14(12(5)22-13)15(20)21-6;/h8,10-11H,7,9H2,1-6H3,(H2,17,18,19);1H. The summed E-state index contributed by atoms with van der Waals surface area (Å²) in [7, 11) is 1.35. The molecule has 0 saturated heterocycles. The summed E-state index contributed by atoms with van der Waals surface area (Å²) in [5, 5.41) is 6.55. The Bertz CT molecular complexity index is 527. The Kier molecular flexibility index (Phi) is 9.94. The minimum Gasteiger partial charge on any atom is -0.465 e. The van der Waals surface area contributed by atoms with Crippen LogP contribution in [0.25, 0.3) is 0 Å². The molecule has 1 unspecified atom stereocenters. The van der Waals surface area contributed by atoms with Gasteiger partial charge in [0.1, 0.15) is 23.6 Å². The van der Waals surface area contributed by atoms with Crippen LogP contribution in [0.2, 0.25) is 0 Å². The lowest BCUT2D eigenvalue weighted by molar-refractivity contribution is 0.0599. The highest BCUT2D eigenvalue weighted by atomic mass is 127. The molecular weight excluding hydrogens is 409 g/mol. The van der Waals surface area contributed by atoms with Crippen molar-refractivity contribution in [1.29, 1.82) is 0 Å². The second-order valence-electron chi connectivity index (χ2n) is 5.55. The van der Waals surface area contributed by atoms with Crippen LogP contribution in [-0.4, -0.2) is 31.6 Å². The minimum absolute atomic E-state index is 0. The second kappa shape index (κ2) is 10.5. The molecule has 23 heavy (non-hydrogen) atoms. The number of carbonyl (C=O) groups excluding carboxylic acids is 1. The van der Waals surface area contributed by atoms with Crippen LogP contribution in [0.15, 0.2) is 15.5 Å². The number of methoxy groups -OCH3 is 1. The van der Waals surface area contributed by atoms with Gasteiger partial charge in [0, 0.05) is 12.6 Å². The van der Waals surface area contributed by atoms with E-state index in [0.29, 0.717) is 35.6 Å². The average Bonchev–Trinajstić information content (AvgIpc) is 2.85. The first-order valence-corrected chi connectivity index (χ1v) is 7.61. The molecule has 1 atom stereocenters. The van der Waals surface area contributed by atoms with E-state index in [9.17, 15) is 4.79 Å². The summed E-state index contributed by atoms with van der Waals surface area (Å²) < 4.78 is 10.3. The molecule has 0 bridgehead atoms. The summed E-state index contributed by atoms with van der Waals surface area (Å²) in [5.74, 6) is 2.02. The summed E-state index contributed by atoms with van der Waals surface area (Å²) in [5.41, 5.74) is 0.446. The summed E-state index contributed by atoms with van der Waals surface area (Å²) in [6.45, 7) is 11.3.